The molecule has 0 aliphatic heterocycles. The molecule has 3 rings (SSSR count). The van der Waals surface area contributed by atoms with Gasteiger partial charge in [0.25, 0.3) is 5.91 Å². The number of hydrogen-bond acceptors (Lipinski definition) is 4. The number of rotatable bonds is 4. The minimum Gasteiger partial charge on any atom is -0.367 e. The van der Waals surface area contributed by atoms with Gasteiger partial charge in [0.1, 0.15) is 17.8 Å². The highest BCUT2D eigenvalue weighted by atomic mass is 16.1. The summed E-state index contributed by atoms with van der Waals surface area (Å²) in [7, 11) is 0. The minimum atomic E-state index is -0.214. The number of benzene rings is 1. The molecule has 0 radical (unpaired) electrons. The number of amides is 1. The highest BCUT2D eigenvalue weighted by Crippen LogP contribution is 2.22. The van der Waals surface area contributed by atoms with Gasteiger partial charge in [-0.25, -0.2) is 9.97 Å². The highest BCUT2D eigenvalue weighted by Gasteiger charge is 2.16. The molecule has 5 nitrogen and oxygen atoms in total. The lowest BCUT2D eigenvalue weighted by Gasteiger charge is -2.13. The number of nitrogens with one attached hydrogen (secondary N) is 2. The zero-order valence-electron chi connectivity index (χ0n) is 13.6. The van der Waals surface area contributed by atoms with Crippen LogP contribution in [-0.4, -0.2) is 21.9 Å². The van der Waals surface area contributed by atoms with E-state index in [1.807, 2.05) is 32.0 Å². The molecule has 0 saturated heterocycles. The monoisotopic (exact) mass is 310 g/mol. The summed E-state index contributed by atoms with van der Waals surface area (Å²) in [4.78, 5) is 20.7. The topological polar surface area (TPSA) is 66.9 Å². The van der Waals surface area contributed by atoms with Crippen LogP contribution in [-0.2, 0) is 0 Å². The van der Waals surface area contributed by atoms with E-state index >= 15 is 0 Å². The van der Waals surface area contributed by atoms with Gasteiger partial charge in [-0.15, -0.1) is 0 Å². The van der Waals surface area contributed by atoms with Crippen molar-refractivity contribution in [2.24, 2.45) is 0 Å². The number of hydrogen-bond donors (Lipinski definition) is 2. The highest BCUT2D eigenvalue weighted by molar-refractivity contribution is 6.03. The number of nitrogens with zero attached hydrogens (tertiary/aromatic N) is 2. The molecule has 0 spiro atoms. The van der Waals surface area contributed by atoms with Crippen molar-refractivity contribution < 1.29 is 4.79 Å². The molecule has 5 heteroatoms. The normalized spacial score (nSPS) is 14.7. The fraction of sp³-hybridized carbons (Fsp3) is 0.389. The Morgan fingerprint density at radius 3 is 2.65 bits per heavy atom. The third kappa shape index (κ3) is 3.86. The summed E-state index contributed by atoms with van der Waals surface area (Å²) in [6, 6.07) is 8.12. The molecule has 0 unspecified atom stereocenters. The van der Waals surface area contributed by atoms with E-state index in [9.17, 15) is 4.79 Å². The van der Waals surface area contributed by atoms with Crippen LogP contribution in [0.5, 0.6) is 0 Å². The van der Waals surface area contributed by atoms with Crippen molar-refractivity contribution in [1.82, 2.24) is 9.97 Å². The Bertz CT molecular complexity index is 708. The summed E-state index contributed by atoms with van der Waals surface area (Å²) < 4.78 is 0. The van der Waals surface area contributed by atoms with Crippen LogP contribution < -0.4 is 10.6 Å². The first kappa shape index (κ1) is 15.5. The molecule has 1 aromatic heterocycles. The molecule has 1 aromatic carbocycles. The number of carbonyl (C=O) groups excluding carboxylic acids is 1. The third-order valence-electron chi connectivity index (χ3n) is 4.24. The number of anilines is 2. The summed E-state index contributed by atoms with van der Waals surface area (Å²) >= 11 is 0. The van der Waals surface area contributed by atoms with E-state index in [2.05, 4.69) is 20.6 Å². The predicted octanol–water partition coefficient (Wildman–Crippen LogP) is 3.70. The van der Waals surface area contributed by atoms with Crippen LogP contribution in [0, 0.1) is 13.8 Å². The molecule has 2 N–H and O–H groups in total. The first-order chi connectivity index (χ1) is 11.1. The van der Waals surface area contributed by atoms with E-state index < -0.39 is 0 Å². The molecular weight excluding hydrogens is 288 g/mol. The van der Waals surface area contributed by atoms with Crippen molar-refractivity contribution in [2.45, 2.75) is 45.6 Å². The Kier molecular flexibility index (Phi) is 4.55. The maximum Gasteiger partial charge on any atom is 0.274 e. The van der Waals surface area contributed by atoms with Crippen molar-refractivity contribution in [3.63, 3.8) is 0 Å². The van der Waals surface area contributed by atoms with Crippen molar-refractivity contribution in [3.8, 4) is 0 Å². The van der Waals surface area contributed by atoms with Gasteiger partial charge in [-0.05, 0) is 38.3 Å². The first-order valence-electron chi connectivity index (χ1n) is 8.09. The lowest BCUT2D eigenvalue weighted by atomic mass is 10.1. The van der Waals surface area contributed by atoms with E-state index in [-0.39, 0.29) is 5.91 Å². The van der Waals surface area contributed by atoms with E-state index in [0.717, 1.165) is 29.9 Å². The molecule has 1 saturated carbocycles. The third-order valence-corrected chi connectivity index (χ3v) is 4.24. The van der Waals surface area contributed by atoms with Crippen molar-refractivity contribution >= 4 is 17.4 Å². The minimum absolute atomic E-state index is 0.214. The SMILES string of the molecule is Cc1ccc(NC(=O)c2cc(NC3CCCC3)ncn2)c(C)c1. The molecule has 1 fully saturated rings. The Morgan fingerprint density at radius 2 is 1.91 bits per heavy atom. The largest absolute Gasteiger partial charge is 0.367 e. The van der Waals surface area contributed by atoms with Crippen LogP contribution in [0.15, 0.2) is 30.6 Å². The molecule has 1 heterocycles. The van der Waals surface area contributed by atoms with Gasteiger partial charge in [0.15, 0.2) is 0 Å². The molecule has 2 aromatic rings. The maximum atomic E-state index is 12.4. The Labute approximate surface area is 136 Å². The van der Waals surface area contributed by atoms with Crippen LogP contribution >= 0.6 is 0 Å². The average molecular weight is 310 g/mol. The van der Waals surface area contributed by atoms with Crippen molar-refractivity contribution in [2.75, 3.05) is 10.6 Å². The fourth-order valence-corrected chi connectivity index (χ4v) is 2.98. The summed E-state index contributed by atoms with van der Waals surface area (Å²) in [6.07, 6.45) is 6.27. The van der Waals surface area contributed by atoms with Gasteiger partial charge in [-0.2, -0.15) is 0 Å². The van der Waals surface area contributed by atoms with E-state index in [1.165, 1.54) is 24.7 Å². The molecule has 1 aliphatic carbocycles. The maximum absolute atomic E-state index is 12.4. The quantitative estimate of drug-likeness (QED) is 0.903. The van der Waals surface area contributed by atoms with Gasteiger partial charge >= 0.3 is 0 Å². The van der Waals surface area contributed by atoms with Crippen LogP contribution in [0.4, 0.5) is 11.5 Å². The van der Waals surface area contributed by atoms with Crippen molar-refractivity contribution in [3.05, 3.63) is 47.4 Å². The van der Waals surface area contributed by atoms with Gasteiger partial charge < -0.3 is 10.6 Å². The van der Waals surface area contributed by atoms with Crippen LogP contribution in [0.1, 0.15) is 47.3 Å². The number of aryl methyl sites for hydroxylation is 2. The molecule has 0 atom stereocenters. The smallest absolute Gasteiger partial charge is 0.274 e. The second-order valence-corrected chi connectivity index (χ2v) is 6.19. The fourth-order valence-electron chi connectivity index (χ4n) is 2.98. The summed E-state index contributed by atoms with van der Waals surface area (Å²) in [5.74, 6) is 0.506. The molecular formula is C18H22N4O. The van der Waals surface area contributed by atoms with Crippen LogP contribution in [0.25, 0.3) is 0 Å². The van der Waals surface area contributed by atoms with E-state index in [0.29, 0.717) is 11.7 Å². The standard InChI is InChI=1S/C18H22N4O/c1-12-7-8-15(13(2)9-12)22-18(23)16-10-17(20-11-19-16)21-14-5-3-4-6-14/h7-11,14H,3-6H2,1-2H3,(H,22,23)(H,19,20,21). The van der Waals surface area contributed by atoms with Gasteiger partial charge in [0.05, 0.1) is 0 Å². The van der Waals surface area contributed by atoms with Gasteiger partial charge in [-0.3, -0.25) is 4.79 Å². The second kappa shape index (κ2) is 6.77. The Morgan fingerprint density at radius 1 is 1.13 bits per heavy atom. The van der Waals surface area contributed by atoms with Crippen molar-refractivity contribution in [1.29, 1.82) is 0 Å². The average Bonchev–Trinajstić information content (AvgIpc) is 3.03. The molecule has 120 valence electrons. The summed E-state index contributed by atoms with van der Waals surface area (Å²) in [5.41, 5.74) is 3.40. The second-order valence-electron chi connectivity index (χ2n) is 6.19. The van der Waals surface area contributed by atoms with Gasteiger partial charge in [-0.1, -0.05) is 30.5 Å². The zero-order valence-corrected chi connectivity index (χ0v) is 13.6. The summed E-state index contributed by atoms with van der Waals surface area (Å²) in [6.45, 7) is 4.01. The Hall–Kier alpha value is -2.43. The first-order valence-corrected chi connectivity index (χ1v) is 8.09. The number of carbonyl (C=O) groups is 1. The molecule has 1 amide bonds. The van der Waals surface area contributed by atoms with Gasteiger partial charge in [0.2, 0.25) is 0 Å². The Balaban J connectivity index is 1.71. The summed E-state index contributed by atoms with van der Waals surface area (Å²) in [5, 5.41) is 6.31. The molecule has 0 bridgehead atoms. The molecule has 1 aliphatic rings. The van der Waals surface area contributed by atoms with Gasteiger partial charge in [0, 0.05) is 17.8 Å². The number of aromatic nitrogens is 2. The lowest BCUT2D eigenvalue weighted by Crippen LogP contribution is -2.18. The zero-order chi connectivity index (χ0) is 16.2. The van der Waals surface area contributed by atoms with Crippen LogP contribution in [0.2, 0.25) is 0 Å². The lowest BCUT2D eigenvalue weighted by molar-refractivity contribution is 0.102. The van der Waals surface area contributed by atoms with E-state index in [1.54, 1.807) is 6.07 Å². The van der Waals surface area contributed by atoms with E-state index in [4.69, 9.17) is 0 Å². The predicted molar refractivity (Wildman–Crippen MR) is 91.8 cm³/mol. The van der Waals surface area contributed by atoms with Crippen LogP contribution in [0.3, 0.4) is 0 Å². The molecule has 23 heavy (non-hydrogen) atoms.